The third kappa shape index (κ3) is 0.832. The lowest BCUT2D eigenvalue weighted by atomic mass is 10.3. The van der Waals surface area contributed by atoms with Gasteiger partial charge in [-0.1, -0.05) is 0 Å². The number of imidazole rings is 1. The predicted molar refractivity (Wildman–Crippen MR) is 39.8 cm³/mol. The first-order valence-electron chi connectivity index (χ1n) is 3.15. The minimum Gasteiger partial charge on any atom is -0.338 e. The smallest absolute Gasteiger partial charge is 0.125 e. The lowest BCUT2D eigenvalue weighted by Gasteiger charge is -1.92. The Hall–Kier alpha value is -1.58. The van der Waals surface area contributed by atoms with Crippen molar-refractivity contribution in [1.29, 1.82) is 0 Å². The quantitative estimate of drug-likeness (QED) is 0.568. The summed E-state index contributed by atoms with van der Waals surface area (Å²) in [5, 5.41) is 0. The molecule has 0 saturated carbocycles. The van der Waals surface area contributed by atoms with E-state index in [0.717, 1.165) is 5.52 Å². The van der Waals surface area contributed by atoms with Crippen LogP contribution in [0.15, 0.2) is 24.5 Å². The van der Waals surface area contributed by atoms with Gasteiger partial charge in [0.15, 0.2) is 0 Å². The average Bonchev–Trinajstić information content (AvgIpc) is 2.32. The van der Waals surface area contributed by atoms with E-state index in [9.17, 15) is 4.39 Å². The number of nitrogens with zero attached hydrogens (tertiary/aromatic N) is 2. The number of nitrogen functional groups attached to an aromatic ring is 1. The molecule has 1 aromatic carbocycles. The topological polar surface area (TPSA) is 43.8 Å². The Labute approximate surface area is 62.2 Å². The van der Waals surface area contributed by atoms with Gasteiger partial charge in [0.25, 0.3) is 0 Å². The molecule has 2 rings (SSSR count). The normalized spacial score (nSPS) is 10.6. The maximum Gasteiger partial charge on any atom is 0.125 e. The number of hydrogen-bond donors (Lipinski definition) is 1. The summed E-state index contributed by atoms with van der Waals surface area (Å²) in [6, 6.07) is 4.30. The Morgan fingerprint density at radius 1 is 1.45 bits per heavy atom. The van der Waals surface area contributed by atoms with Crippen LogP contribution in [0.4, 0.5) is 4.39 Å². The van der Waals surface area contributed by atoms with Gasteiger partial charge in [-0.05, 0) is 12.1 Å². The van der Waals surface area contributed by atoms with E-state index in [1.165, 1.54) is 23.1 Å². The van der Waals surface area contributed by atoms with Crippen LogP contribution in [0.1, 0.15) is 0 Å². The van der Waals surface area contributed by atoms with Crippen molar-refractivity contribution in [3.05, 3.63) is 30.3 Å². The lowest BCUT2D eigenvalue weighted by molar-refractivity contribution is 0.629. The van der Waals surface area contributed by atoms with Gasteiger partial charge < -0.3 is 5.84 Å². The standard InChI is InChI=1S/C7H6FN3/c8-5-1-2-7-6(3-5)10-4-11(7)9/h1-4H,9H2. The van der Waals surface area contributed by atoms with E-state index in [0.29, 0.717) is 5.52 Å². The lowest BCUT2D eigenvalue weighted by Crippen LogP contribution is -2.04. The first kappa shape index (κ1) is 6.15. The fraction of sp³-hybridized carbons (Fsp3) is 0. The van der Waals surface area contributed by atoms with Crippen molar-refractivity contribution in [3.63, 3.8) is 0 Å². The largest absolute Gasteiger partial charge is 0.338 e. The Bertz CT molecular complexity index is 393. The molecule has 0 aliphatic rings. The van der Waals surface area contributed by atoms with Crippen LogP contribution >= 0.6 is 0 Å². The highest BCUT2D eigenvalue weighted by atomic mass is 19.1. The fourth-order valence-corrected chi connectivity index (χ4v) is 1.00. The van der Waals surface area contributed by atoms with E-state index >= 15 is 0 Å². The molecule has 0 aliphatic heterocycles. The zero-order valence-electron chi connectivity index (χ0n) is 5.66. The van der Waals surface area contributed by atoms with Gasteiger partial charge in [-0.2, -0.15) is 0 Å². The summed E-state index contributed by atoms with van der Waals surface area (Å²) >= 11 is 0. The maximum absolute atomic E-state index is 12.6. The van der Waals surface area contributed by atoms with Crippen molar-refractivity contribution < 1.29 is 4.39 Å². The third-order valence-electron chi connectivity index (χ3n) is 1.54. The van der Waals surface area contributed by atoms with E-state index in [2.05, 4.69) is 4.98 Å². The minimum absolute atomic E-state index is 0.295. The first-order chi connectivity index (χ1) is 5.27. The summed E-state index contributed by atoms with van der Waals surface area (Å²) in [7, 11) is 0. The Morgan fingerprint density at radius 2 is 2.27 bits per heavy atom. The molecular weight excluding hydrogens is 145 g/mol. The van der Waals surface area contributed by atoms with Crippen molar-refractivity contribution in [1.82, 2.24) is 9.66 Å². The van der Waals surface area contributed by atoms with Gasteiger partial charge >= 0.3 is 0 Å². The molecule has 4 heteroatoms. The van der Waals surface area contributed by atoms with Crippen molar-refractivity contribution >= 4 is 11.0 Å². The second kappa shape index (κ2) is 1.95. The molecule has 2 aromatic rings. The molecule has 2 N–H and O–H groups in total. The van der Waals surface area contributed by atoms with Gasteiger partial charge in [0, 0.05) is 6.07 Å². The van der Waals surface area contributed by atoms with Crippen LogP contribution in [0.2, 0.25) is 0 Å². The maximum atomic E-state index is 12.6. The van der Waals surface area contributed by atoms with Crippen LogP contribution in [-0.2, 0) is 0 Å². The van der Waals surface area contributed by atoms with Crippen LogP contribution in [-0.4, -0.2) is 9.66 Å². The monoisotopic (exact) mass is 151 g/mol. The van der Waals surface area contributed by atoms with E-state index in [1.807, 2.05) is 0 Å². The van der Waals surface area contributed by atoms with E-state index < -0.39 is 0 Å². The molecule has 0 fully saturated rings. The number of halogens is 1. The van der Waals surface area contributed by atoms with Crippen LogP contribution in [0.25, 0.3) is 11.0 Å². The molecular formula is C7H6FN3. The molecule has 0 bridgehead atoms. The van der Waals surface area contributed by atoms with E-state index in [-0.39, 0.29) is 5.82 Å². The fourth-order valence-electron chi connectivity index (χ4n) is 1.00. The highest BCUT2D eigenvalue weighted by molar-refractivity contribution is 5.75. The number of nitrogens with two attached hydrogens (primary N) is 1. The predicted octanol–water partition coefficient (Wildman–Crippen LogP) is 0.889. The molecule has 0 unspecified atom stereocenters. The van der Waals surface area contributed by atoms with Crippen LogP contribution < -0.4 is 5.84 Å². The van der Waals surface area contributed by atoms with Crippen molar-refractivity contribution in [2.24, 2.45) is 0 Å². The second-order valence-electron chi connectivity index (χ2n) is 2.28. The average molecular weight is 151 g/mol. The zero-order valence-corrected chi connectivity index (χ0v) is 5.66. The molecule has 0 spiro atoms. The third-order valence-corrected chi connectivity index (χ3v) is 1.54. The first-order valence-corrected chi connectivity index (χ1v) is 3.15. The molecule has 1 aromatic heterocycles. The van der Waals surface area contributed by atoms with E-state index in [1.54, 1.807) is 6.07 Å². The molecule has 3 nitrogen and oxygen atoms in total. The SMILES string of the molecule is Nn1cnc2cc(F)ccc21. The number of aromatic nitrogens is 2. The molecule has 0 amide bonds. The second-order valence-corrected chi connectivity index (χ2v) is 2.28. The molecule has 11 heavy (non-hydrogen) atoms. The van der Waals surface area contributed by atoms with E-state index in [4.69, 9.17) is 5.84 Å². The summed E-state index contributed by atoms with van der Waals surface area (Å²) < 4.78 is 13.9. The summed E-state index contributed by atoms with van der Waals surface area (Å²) in [5.74, 6) is 5.16. The van der Waals surface area contributed by atoms with Gasteiger partial charge in [0.1, 0.15) is 12.1 Å². The minimum atomic E-state index is -0.295. The number of rotatable bonds is 0. The summed E-state index contributed by atoms with van der Waals surface area (Å²) in [6.07, 6.45) is 1.45. The Kier molecular flexibility index (Phi) is 1.09. The van der Waals surface area contributed by atoms with Gasteiger partial charge in [0.05, 0.1) is 11.0 Å². The molecule has 1 heterocycles. The van der Waals surface area contributed by atoms with Crippen molar-refractivity contribution in [3.8, 4) is 0 Å². The molecule has 0 atom stereocenters. The van der Waals surface area contributed by atoms with Crippen molar-refractivity contribution in [2.75, 3.05) is 5.84 Å². The zero-order chi connectivity index (χ0) is 7.84. The summed E-state index contributed by atoms with van der Waals surface area (Å²) in [4.78, 5) is 3.88. The van der Waals surface area contributed by atoms with Crippen LogP contribution in [0, 0.1) is 5.82 Å². The van der Waals surface area contributed by atoms with Crippen molar-refractivity contribution in [2.45, 2.75) is 0 Å². The number of hydrogen-bond acceptors (Lipinski definition) is 2. The van der Waals surface area contributed by atoms with Gasteiger partial charge in [-0.3, -0.25) is 0 Å². The van der Waals surface area contributed by atoms with Crippen LogP contribution in [0.5, 0.6) is 0 Å². The number of fused-ring (bicyclic) bond motifs is 1. The van der Waals surface area contributed by atoms with Gasteiger partial charge in [-0.15, -0.1) is 0 Å². The van der Waals surface area contributed by atoms with Gasteiger partial charge in [0.2, 0.25) is 0 Å². The summed E-state index contributed by atoms with van der Waals surface area (Å²) in [6.45, 7) is 0. The molecule has 56 valence electrons. The Morgan fingerprint density at radius 3 is 3.09 bits per heavy atom. The Balaban J connectivity index is 2.86. The number of benzene rings is 1. The molecule has 0 radical (unpaired) electrons. The molecule has 0 saturated heterocycles. The van der Waals surface area contributed by atoms with Gasteiger partial charge in [-0.25, -0.2) is 14.1 Å². The molecule has 0 aliphatic carbocycles. The highest BCUT2D eigenvalue weighted by Crippen LogP contribution is 2.11. The highest BCUT2D eigenvalue weighted by Gasteiger charge is 1.99. The summed E-state index contributed by atoms with van der Waals surface area (Å²) in [5.41, 5.74) is 1.30. The van der Waals surface area contributed by atoms with Crippen LogP contribution in [0.3, 0.4) is 0 Å².